The Morgan fingerprint density at radius 1 is 1.13 bits per heavy atom. The largest absolute Gasteiger partial charge is 0.332 e. The fourth-order valence-corrected chi connectivity index (χ4v) is 5.45. The molecular formula is C25H37N4O+. The van der Waals surface area contributed by atoms with Crippen molar-refractivity contribution in [1.82, 2.24) is 15.1 Å². The van der Waals surface area contributed by atoms with Crippen LogP contribution in [0.2, 0.25) is 0 Å². The van der Waals surface area contributed by atoms with Gasteiger partial charge in [0.2, 0.25) is 5.91 Å². The molecule has 30 heavy (non-hydrogen) atoms. The molecule has 5 nitrogen and oxygen atoms in total. The Bertz CT molecular complexity index is 796. The van der Waals surface area contributed by atoms with Gasteiger partial charge in [-0.25, -0.2) is 0 Å². The summed E-state index contributed by atoms with van der Waals surface area (Å²) in [5.41, 5.74) is 3.29. The van der Waals surface area contributed by atoms with E-state index >= 15 is 0 Å². The molecule has 5 heteroatoms. The molecule has 1 saturated carbocycles. The summed E-state index contributed by atoms with van der Waals surface area (Å²) < 4.78 is 0. The number of amides is 1. The molecule has 2 heterocycles. The van der Waals surface area contributed by atoms with Gasteiger partial charge in [0.1, 0.15) is 6.04 Å². The van der Waals surface area contributed by atoms with Crippen molar-refractivity contribution in [3.63, 3.8) is 0 Å². The van der Waals surface area contributed by atoms with Crippen LogP contribution in [0.3, 0.4) is 0 Å². The number of likely N-dealkylation sites (N-methyl/N-ethyl adjacent to an activating group) is 1. The molecule has 2 aromatic rings. The number of nitrogens with one attached hydrogen (secondary N) is 2. The van der Waals surface area contributed by atoms with Gasteiger partial charge < -0.3 is 9.80 Å². The molecule has 1 aromatic carbocycles. The van der Waals surface area contributed by atoms with Crippen LogP contribution in [0.5, 0.6) is 0 Å². The van der Waals surface area contributed by atoms with Crippen LogP contribution in [-0.4, -0.2) is 46.7 Å². The van der Waals surface area contributed by atoms with Crippen LogP contribution in [0, 0.1) is 5.92 Å². The molecule has 4 rings (SSSR count). The number of nitrogens with zero attached hydrogens (tertiary/aromatic N) is 2. The fraction of sp³-hybridized carbons (Fsp3) is 0.600. The molecule has 1 saturated heterocycles. The molecule has 2 N–H and O–H groups in total. The van der Waals surface area contributed by atoms with Crippen molar-refractivity contribution in [3.05, 3.63) is 42.1 Å². The van der Waals surface area contributed by atoms with Gasteiger partial charge in [-0.05, 0) is 31.2 Å². The number of carbonyl (C=O) groups excluding carboxylic acids is 1. The molecule has 2 fully saturated rings. The number of H-pyrrole nitrogens is 1. The first-order valence-corrected chi connectivity index (χ1v) is 11.9. The zero-order chi connectivity index (χ0) is 20.8. The van der Waals surface area contributed by atoms with Gasteiger partial charge in [-0.2, -0.15) is 5.10 Å². The lowest BCUT2D eigenvalue weighted by Crippen LogP contribution is -3.14. The predicted octanol–water partition coefficient (Wildman–Crippen LogP) is 3.44. The predicted molar refractivity (Wildman–Crippen MR) is 120 cm³/mol. The highest BCUT2D eigenvalue weighted by atomic mass is 16.2. The van der Waals surface area contributed by atoms with Crippen LogP contribution in [-0.2, 0) is 11.3 Å². The molecule has 162 valence electrons. The summed E-state index contributed by atoms with van der Waals surface area (Å²) in [5, 5.41) is 7.49. The van der Waals surface area contributed by atoms with E-state index in [1.807, 2.05) is 24.4 Å². The number of hydrogen-bond acceptors (Lipinski definition) is 2. The second-order valence-corrected chi connectivity index (χ2v) is 9.22. The average molecular weight is 410 g/mol. The van der Waals surface area contributed by atoms with Crippen molar-refractivity contribution in [2.24, 2.45) is 5.92 Å². The normalized spacial score (nSPS) is 22.3. The van der Waals surface area contributed by atoms with E-state index in [0.717, 1.165) is 29.9 Å². The maximum Gasteiger partial charge on any atom is 0.223 e. The molecule has 0 bridgehead atoms. The summed E-state index contributed by atoms with van der Waals surface area (Å²) in [4.78, 5) is 17.3. The van der Waals surface area contributed by atoms with E-state index in [2.05, 4.69) is 34.2 Å². The Kier molecular flexibility index (Phi) is 7.21. The van der Waals surface area contributed by atoms with Gasteiger partial charge in [0.05, 0.1) is 31.5 Å². The molecule has 1 amide bonds. The number of aromatic amines is 1. The Morgan fingerprint density at radius 3 is 2.70 bits per heavy atom. The first-order valence-electron chi connectivity index (χ1n) is 11.9. The zero-order valence-electron chi connectivity index (χ0n) is 18.4. The number of carbonyl (C=O) groups is 1. The topological polar surface area (TPSA) is 53.4 Å². The second kappa shape index (κ2) is 10.3. The smallest absolute Gasteiger partial charge is 0.223 e. The highest BCUT2D eigenvalue weighted by Crippen LogP contribution is 2.28. The number of quaternary nitrogens is 1. The lowest BCUT2D eigenvalue weighted by atomic mass is 9.86. The summed E-state index contributed by atoms with van der Waals surface area (Å²) in [5.74, 6) is 0.911. The number of benzene rings is 1. The van der Waals surface area contributed by atoms with Crippen LogP contribution in [0.4, 0.5) is 0 Å². The van der Waals surface area contributed by atoms with Crippen LogP contribution in [0.15, 0.2) is 36.5 Å². The van der Waals surface area contributed by atoms with Crippen LogP contribution in [0.25, 0.3) is 11.3 Å². The highest BCUT2D eigenvalue weighted by molar-refractivity contribution is 5.77. The molecular weight excluding hydrogens is 372 g/mol. The number of aromatic nitrogens is 2. The molecule has 1 unspecified atom stereocenters. The first-order chi connectivity index (χ1) is 14.7. The zero-order valence-corrected chi connectivity index (χ0v) is 18.4. The van der Waals surface area contributed by atoms with Crippen molar-refractivity contribution < 1.29 is 9.69 Å². The van der Waals surface area contributed by atoms with Crippen LogP contribution >= 0.6 is 0 Å². The maximum absolute atomic E-state index is 13.5. The third-order valence-corrected chi connectivity index (χ3v) is 7.20. The monoisotopic (exact) mass is 409 g/mol. The second-order valence-electron chi connectivity index (χ2n) is 9.22. The molecule has 1 aliphatic carbocycles. The Labute approximate surface area is 180 Å². The molecule has 1 aromatic heterocycles. The average Bonchev–Trinajstić information content (AvgIpc) is 3.43. The molecule has 2 atom stereocenters. The number of likely N-dealkylation sites (tertiary alicyclic amines) is 1. The summed E-state index contributed by atoms with van der Waals surface area (Å²) in [6.07, 6.45) is 11.5. The van der Waals surface area contributed by atoms with Gasteiger partial charge in [-0.3, -0.25) is 9.89 Å². The lowest BCUT2D eigenvalue weighted by molar-refractivity contribution is -0.909. The number of hydrogen-bond donors (Lipinski definition) is 2. The minimum atomic E-state index is 0.337. The van der Waals surface area contributed by atoms with E-state index in [0.29, 0.717) is 30.8 Å². The van der Waals surface area contributed by atoms with Crippen molar-refractivity contribution >= 4 is 5.91 Å². The van der Waals surface area contributed by atoms with Gasteiger partial charge in [0.15, 0.2) is 0 Å². The van der Waals surface area contributed by atoms with Gasteiger partial charge in [0, 0.05) is 31.4 Å². The molecule has 0 spiro atoms. The Balaban J connectivity index is 1.51. The van der Waals surface area contributed by atoms with Crippen molar-refractivity contribution in [2.75, 3.05) is 19.6 Å². The third kappa shape index (κ3) is 5.12. The molecule has 2 aliphatic rings. The SMILES string of the molecule is CC[NH+]1CCC[C@@H]1CN(Cc1cn[nH]c1-c1ccccc1)C(=O)CC1CCCCC1. The fourth-order valence-electron chi connectivity index (χ4n) is 5.45. The summed E-state index contributed by atoms with van der Waals surface area (Å²) in [6, 6.07) is 10.9. The first kappa shape index (κ1) is 21.1. The Hall–Kier alpha value is -2.14. The van der Waals surface area contributed by atoms with Crippen molar-refractivity contribution in [2.45, 2.75) is 70.9 Å². The third-order valence-electron chi connectivity index (χ3n) is 7.20. The van der Waals surface area contributed by atoms with Crippen molar-refractivity contribution in [3.8, 4) is 11.3 Å². The summed E-state index contributed by atoms with van der Waals surface area (Å²) in [6.45, 7) is 6.18. The standard InChI is InChI=1S/C25H36N4O/c1-2-28-15-9-14-23(28)19-29(24(30)16-20-10-5-3-6-11-20)18-22-17-26-27-25(22)21-12-7-4-8-13-21/h4,7-8,12-13,17,20,23H,2-3,5-6,9-11,14-16,18-19H2,1H3,(H,26,27)/p+1/t23-/m1/s1. The molecule has 0 radical (unpaired) electrons. The summed E-state index contributed by atoms with van der Waals surface area (Å²) in [7, 11) is 0. The van der Waals surface area contributed by atoms with Crippen molar-refractivity contribution in [1.29, 1.82) is 0 Å². The van der Waals surface area contributed by atoms with E-state index < -0.39 is 0 Å². The van der Waals surface area contributed by atoms with Gasteiger partial charge >= 0.3 is 0 Å². The summed E-state index contributed by atoms with van der Waals surface area (Å²) >= 11 is 0. The van der Waals surface area contributed by atoms with E-state index in [-0.39, 0.29) is 0 Å². The van der Waals surface area contributed by atoms with Gasteiger partial charge in [-0.1, -0.05) is 49.6 Å². The number of rotatable bonds is 8. The molecule has 1 aliphatic heterocycles. The maximum atomic E-state index is 13.5. The quantitative estimate of drug-likeness (QED) is 0.702. The van der Waals surface area contributed by atoms with E-state index in [1.54, 1.807) is 4.90 Å². The van der Waals surface area contributed by atoms with E-state index in [9.17, 15) is 4.79 Å². The minimum Gasteiger partial charge on any atom is -0.332 e. The minimum absolute atomic E-state index is 0.337. The Morgan fingerprint density at radius 2 is 1.93 bits per heavy atom. The van der Waals surface area contributed by atoms with E-state index in [4.69, 9.17) is 0 Å². The van der Waals surface area contributed by atoms with Gasteiger partial charge in [0.25, 0.3) is 0 Å². The van der Waals surface area contributed by atoms with Crippen LogP contribution < -0.4 is 4.90 Å². The lowest BCUT2D eigenvalue weighted by Gasteiger charge is -2.30. The highest BCUT2D eigenvalue weighted by Gasteiger charge is 2.32. The van der Waals surface area contributed by atoms with Crippen LogP contribution in [0.1, 0.15) is 63.9 Å². The van der Waals surface area contributed by atoms with Gasteiger partial charge in [-0.15, -0.1) is 0 Å². The van der Waals surface area contributed by atoms with E-state index in [1.165, 1.54) is 51.5 Å².